The van der Waals surface area contributed by atoms with E-state index in [1.807, 2.05) is 0 Å². The minimum absolute atomic E-state index is 0.00448. The van der Waals surface area contributed by atoms with Crippen molar-refractivity contribution in [3.05, 3.63) is 0 Å². The molecule has 0 saturated heterocycles. The number of rotatable bonds is 58. The van der Waals surface area contributed by atoms with Gasteiger partial charge in [-0.05, 0) is 51.4 Å². The number of hydrogen-bond acceptors (Lipinski definition) is 10. The fourth-order valence-electron chi connectivity index (χ4n) is 9.03. The molecule has 0 aliphatic heterocycles. The molecule has 0 heterocycles. The Labute approximate surface area is 456 Å². The molecule has 440 valence electrons. The maximum Gasteiger partial charge on any atom is 0.245 e. The minimum atomic E-state index is -0.408. The molecule has 16 heteroatoms. The predicted molar refractivity (Wildman–Crippen MR) is 303 cm³/mol. The van der Waals surface area contributed by atoms with Crippen molar-refractivity contribution in [2.24, 2.45) is 5.92 Å². The SMILES string of the molecule is CCCCCCCCCCCCCCCC(=O)NCCOCC(=O)NCCCC[C@@H](CC(=O)NCCCCC(CO)COC)NC(=O)CCCNC(=O)COCCNC(=O)CCCCCCCCCCCCCCC. The molecule has 0 aromatic heterocycles. The zero-order chi connectivity index (χ0) is 54.9. The maximum absolute atomic E-state index is 13.0. The van der Waals surface area contributed by atoms with E-state index in [1.54, 1.807) is 7.11 Å². The van der Waals surface area contributed by atoms with E-state index in [4.69, 9.17) is 14.2 Å². The number of carbonyl (C=O) groups is 6. The summed E-state index contributed by atoms with van der Waals surface area (Å²) in [5, 5.41) is 26.8. The number of amides is 6. The first kappa shape index (κ1) is 71.7. The van der Waals surface area contributed by atoms with Crippen molar-refractivity contribution in [3.63, 3.8) is 0 Å². The highest BCUT2D eigenvalue weighted by atomic mass is 16.5. The molecule has 0 spiro atoms. The largest absolute Gasteiger partial charge is 0.396 e. The van der Waals surface area contributed by atoms with Gasteiger partial charge in [-0.1, -0.05) is 174 Å². The van der Waals surface area contributed by atoms with Crippen molar-refractivity contribution in [1.82, 2.24) is 31.9 Å². The zero-order valence-electron chi connectivity index (χ0n) is 48.2. The maximum atomic E-state index is 13.0. The molecule has 0 saturated carbocycles. The summed E-state index contributed by atoms with van der Waals surface area (Å²) in [5.41, 5.74) is 0. The van der Waals surface area contributed by atoms with Gasteiger partial charge in [-0.25, -0.2) is 0 Å². The van der Waals surface area contributed by atoms with Crippen LogP contribution >= 0.6 is 0 Å². The fourth-order valence-corrected chi connectivity index (χ4v) is 9.03. The summed E-state index contributed by atoms with van der Waals surface area (Å²) < 4.78 is 16.0. The summed E-state index contributed by atoms with van der Waals surface area (Å²) in [7, 11) is 1.61. The molecule has 0 rings (SSSR count). The van der Waals surface area contributed by atoms with Gasteiger partial charge in [-0.2, -0.15) is 0 Å². The number of hydrogen-bond donors (Lipinski definition) is 7. The molecule has 0 aliphatic carbocycles. The number of aliphatic hydroxyl groups is 1. The van der Waals surface area contributed by atoms with Gasteiger partial charge in [-0.15, -0.1) is 0 Å². The van der Waals surface area contributed by atoms with Crippen LogP contribution in [0.15, 0.2) is 0 Å². The van der Waals surface area contributed by atoms with Gasteiger partial charge < -0.3 is 51.2 Å². The number of ether oxygens (including phenoxy) is 3. The summed E-state index contributed by atoms with van der Waals surface area (Å²) in [5.74, 6) is -0.847. The second-order valence-corrected chi connectivity index (χ2v) is 20.9. The average molecular weight is 1070 g/mol. The molecular weight excluding hydrogens is 953 g/mol. The van der Waals surface area contributed by atoms with Crippen molar-refractivity contribution in [2.75, 3.05) is 79.5 Å². The Balaban J connectivity index is 4.31. The van der Waals surface area contributed by atoms with Crippen LogP contribution in [0.3, 0.4) is 0 Å². The topological polar surface area (TPSA) is 223 Å². The van der Waals surface area contributed by atoms with E-state index in [0.29, 0.717) is 71.3 Å². The third-order valence-corrected chi connectivity index (χ3v) is 13.6. The Bertz CT molecular complexity index is 1360. The van der Waals surface area contributed by atoms with Gasteiger partial charge in [0.05, 0.1) is 19.8 Å². The molecule has 1 unspecified atom stereocenters. The van der Waals surface area contributed by atoms with Crippen LogP contribution in [0.25, 0.3) is 0 Å². The van der Waals surface area contributed by atoms with E-state index in [-0.39, 0.29) is 93.8 Å². The summed E-state index contributed by atoms with van der Waals surface area (Å²) in [6.45, 7) is 7.19. The average Bonchev–Trinajstić information content (AvgIpc) is 3.39. The van der Waals surface area contributed by atoms with E-state index < -0.39 is 6.04 Å². The third-order valence-electron chi connectivity index (χ3n) is 13.6. The molecule has 2 atom stereocenters. The highest BCUT2D eigenvalue weighted by Gasteiger charge is 2.17. The standard InChI is InChI=1S/C59H114N6O10/c1-4-6-8-10-12-14-16-18-20-22-24-26-28-37-54(67)63-43-45-74-50-58(71)61-41-33-31-36-53(47-57(70)60-40-32-30-35-52(48-66)49-73-3)65-56(69)39-34-42-62-59(72)51-75-46-44-64-55(68)38-29-27-25-23-21-19-17-15-13-11-9-7-5-2/h52-53,66H,4-51H2,1-3H3,(H,60,70)(H,61,71)(H,62,72)(H,63,67)(H,64,68)(H,65,69)/t52?,53-/m0/s1. The van der Waals surface area contributed by atoms with Crippen molar-refractivity contribution in [2.45, 2.75) is 257 Å². The van der Waals surface area contributed by atoms with Gasteiger partial charge in [-0.3, -0.25) is 28.8 Å². The third kappa shape index (κ3) is 53.8. The van der Waals surface area contributed by atoms with Crippen LogP contribution < -0.4 is 31.9 Å². The number of carbonyl (C=O) groups excluding carboxylic acids is 6. The molecule has 0 fully saturated rings. The van der Waals surface area contributed by atoms with Gasteiger partial charge in [0.25, 0.3) is 0 Å². The Hall–Kier alpha value is -3.34. The summed E-state index contributed by atoms with van der Waals surface area (Å²) in [6.07, 6.45) is 38.8. The molecule has 0 bridgehead atoms. The summed E-state index contributed by atoms with van der Waals surface area (Å²) in [6, 6.07) is -0.408. The van der Waals surface area contributed by atoms with Crippen LogP contribution in [0.5, 0.6) is 0 Å². The van der Waals surface area contributed by atoms with Crippen molar-refractivity contribution in [1.29, 1.82) is 0 Å². The first-order valence-electron chi connectivity index (χ1n) is 30.5. The van der Waals surface area contributed by atoms with Gasteiger partial charge in [0.1, 0.15) is 13.2 Å². The Kier molecular flexibility index (Phi) is 54.3. The van der Waals surface area contributed by atoms with Crippen molar-refractivity contribution < 1.29 is 48.1 Å². The van der Waals surface area contributed by atoms with Gasteiger partial charge >= 0.3 is 0 Å². The second kappa shape index (κ2) is 56.9. The fraction of sp³-hybridized carbons (Fsp3) is 0.898. The number of methoxy groups -OCH3 is 1. The highest BCUT2D eigenvalue weighted by molar-refractivity contribution is 5.80. The molecule has 16 nitrogen and oxygen atoms in total. The summed E-state index contributed by atoms with van der Waals surface area (Å²) >= 11 is 0. The molecule has 0 aromatic rings. The van der Waals surface area contributed by atoms with E-state index in [0.717, 1.165) is 44.9 Å². The molecule has 7 N–H and O–H groups in total. The van der Waals surface area contributed by atoms with Gasteiger partial charge in [0.15, 0.2) is 0 Å². The Morgan fingerprint density at radius 3 is 1.16 bits per heavy atom. The van der Waals surface area contributed by atoms with Gasteiger partial charge in [0, 0.05) is 84.1 Å². The zero-order valence-corrected chi connectivity index (χ0v) is 48.2. The summed E-state index contributed by atoms with van der Waals surface area (Å²) in [4.78, 5) is 75.0. The van der Waals surface area contributed by atoms with Crippen LogP contribution in [-0.2, 0) is 43.0 Å². The second-order valence-electron chi connectivity index (χ2n) is 20.9. The quantitative estimate of drug-likeness (QED) is 0.0286. The molecule has 0 aromatic carbocycles. The highest BCUT2D eigenvalue weighted by Crippen LogP contribution is 2.15. The van der Waals surface area contributed by atoms with Crippen LogP contribution in [0, 0.1) is 5.92 Å². The first-order valence-corrected chi connectivity index (χ1v) is 30.5. The lowest BCUT2D eigenvalue weighted by molar-refractivity contribution is -0.127. The monoisotopic (exact) mass is 1070 g/mol. The molecule has 0 radical (unpaired) electrons. The molecule has 6 amide bonds. The lowest BCUT2D eigenvalue weighted by atomic mass is 10.0. The van der Waals surface area contributed by atoms with Crippen LogP contribution in [0.1, 0.15) is 251 Å². The van der Waals surface area contributed by atoms with E-state index >= 15 is 0 Å². The van der Waals surface area contributed by atoms with E-state index in [9.17, 15) is 33.9 Å². The lowest BCUT2D eigenvalue weighted by Gasteiger charge is -2.19. The molecular formula is C59H114N6O10. The van der Waals surface area contributed by atoms with Crippen LogP contribution in [-0.4, -0.2) is 126 Å². The number of aliphatic hydroxyl groups excluding tert-OH is 1. The van der Waals surface area contributed by atoms with Crippen molar-refractivity contribution in [3.8, 4) is 0 Å². The number of nitrogens with one attached hydrogen (secondary N) is 6. The van der Waals surface area contributed by atoms with E-state index in [2.05, 4.69) is 45.7 Å². The Morgan fingerprint density at radius 1 is 0.387 bits per heavy atom. The predicted octanol–water partition coefficient (Wildman–Crippen LogP) is 9.81. The Morgan fingerprint density at radius 2 is 0.747 bits per heavy atom. The molecule has 0 aliphatic rings. The lowest BCUT2D eigenvalue weighted by Crippen LogP contribution is -2.40. The smallest absolute Gasteiger partial charge is 0.245 e. The first-order chi connectivity index (χ1) is 36.6. The van der Waals surface area contributed by atoms with E-state index in [1.165, 1.54) is 141 Å². The van der Waals surface area contributed by atoms with Crippen LogP contribution in [0.4, 0.5) is 0 Å². The normalized spacial score (nSPS) is 12.0. The van der Waals surface area contributed by atoms with Crippen LogP contribution in [0.2, 0.25) is 0 Å². The minimum Gasteiger partial charge on any atom is -0.396 e. The molecule has 75 heavy (non-hydrogen) atoms. The van der Waals surface area contributed by atoms with Crippen molar-refractivity contribution >= 4 is 35.4 Å². The number of unbranched alkanes of at least 4 members (excludes halogenated alkanes) is 26. The van der Waals surface area contributed by atoms with Gasteiger partial charge in [0.2, 0.25) is 35.4 Å².